The number of carbonyl (C=O) groups is 1. The fourth-order valence-electron chi connectivity index (χ4n) is 1.33. The van der Waals surface area contributed by atoms with Crippen molar-refractivity contribution in [2.45, 2.75) is 13.3 Å². The summed E-state index contributed by atoms with van der Waals surface area (Å²) in [7, 11) is 1.69. The summed E-state index contributed by atoms with van der Waals surface area (Å²) >= 11 is 4.69. The molecule has 2 heterocycles. The molecule has 0 atom stereocenters. The normalized spacial score (nSPS) is 10.7. The second kappa shape index (κ2) is 4.42. The largest absolute Gasteiger partial charge is 0.292 e. The average Bonchev–Trinajstić information content (AvgIpc) is 2.74. The molecule has 7 heteroatoms. The fourth-order valence-corrected chi connectivity index (χ4v) is 2.65. The van der Waals surface area contributed by atoms with Gasteiger partial charge in [-0.2, -0.15) is 0 Å². The quantitative estimate of drug-likeness (QED) is 0.811. The molecule has 2 rings (SSSR count). The van der Waals surface area contributed by atoms with Crippen LogP contribution in [0.15, 0.2) is 9.98 Å². The molecule has 2 aromatic rings. The van der Waals surface area contributed by atoms with Crippen LogP contribution in [-0.4, -0.2) is 25.8 Å². The molecule has 0 unspecified atom stereocenters. The van der Waals surface area contributed by atoms with Crippen LogP contribution >= 0.6 is 27.3 Å². The van der Waals surface area contributed by atoms with E-state index < -0.39 is 0 Å². The van der Waals surface area contributed by atoms with Gasteiger partial charge in [0.25, 0.3) is 0 Å². The zero-order chi connectivity index (χ0) is 11.7. The highest BCUT2D eigenvalue weighted by molar-refractivity contribution is 9.10. The van der Waals surface area contributed by atoms with Gasteiger partial charge < -0.3 is 0 Å². The highest BCUT2D eigenvalue weighted by Crippen LogP contribution is 2.16. The minimum absolute atomic E-state index is 0.0336. The third kappa shape index (κ3) is 2.19. The van der Waals surface area contributed by atoms with Crippen molar-refractivity contribution in [3.8, 4) is 0 Å². The zero-order valence-corrected chi connectivity index (χ0v) is 11.2. The van der Waals surface area contributed by atoms with Gasteiger partial charge in [0, 0.05) is 18.1 Å². The molecule has 5 nitrogen and oxygen atoms in total. The number of aromatic nitrogens is 4. The molecule has 0 spiro atoms. The number of carbonyl (C=O) groups excluding carboxylic acids is 1. The van der Waals surface area contributed by atoms with Gasteiger partial charge in [0.1, 0.15) is 10.7 Å². The van der Waals surface area contributed by atoms with E-state index in [1.807, 2.05) is 12.3 Å². The molecule has 0 aliphatic heterocycles. The Labute approximate surface area is 105 Å². The number of nitrogens with zero attached hydrogens (tertiary/aromatic N) is 4. The smallest absolute Gasteiger partial charge is 0.190 e. The van der Waals surface area contributed by atoms with E-state index in [9.17, 15) is 4.79 Å². The number of rotatable bonds is 3. The highest BCUT2D eigenvalue weighted by Gasteiger charge is 2.18. The first-order valence-corrected chi connectivity index (χ1v) is 6.24. The molecule has 0 aliphatic rings. The molecule has 84 valence electrons. The third-order valence-corrected chi connectivity index (χ3v) is 3.53. The van der Waals surface area contributed by atoms with E-state index in [0.717, 1.165) is 10.7 Å². The van der Waals surface area contributed by atoms with Crippen molar-refractivity contribution in [3.05, 3.63) is 26.4 Å². The van der Waals surface area contributed by atoms with Crippen LogP contribution in [0.5, 0.6) is 0 Å². The van der Waals surface area contributed by atoms with Crippen molar-refractivity contribution >= 4 is 33.0 Å². The number of hydrogen-bond acceptors (Lipinski definition) is 5. The van der Waals surface area contributed by atoms with Crippen LogP contribution in [-0.2, 0) is 13.5 Å². The Bertz CT molecular complexity index is 514. The minimum Gasteiger partial charge on any atom is -0.292 e. The molecular formula is C9H9BrN4OS. The average molecular weight is 301 g/mol. The summed E-state index contributed by atoms with van der Waals surface area (Å²) in [6, 6.07) is 0. The van der Waals surface area contributed by atoms with Gasteiger partial charge in [-0.25, -0.2) is 9.67 Å². The first-order chi connectivity index (χ1) is 7.58. The van der Waals surface area contributed by atoms with Gasteiger partial charge in [0.05, 0.1) is 6.42 Å². The highest BCUT2D eigenvalue weighted by atomic mass is 79.9. The molecule has 16 heavy (non-hydrogen) atoms. The molecule has 0 bridgehead atoms. The second-order valence-electron chi connectivity index (χ2n) is 3.34. The number of hydrogen-bond donors (Lipinski definition) is 0. The van der Waals surface area contributed by atoms with Crippen molar-refractivity contribution in [3.63, 3.8) is 0 Å². The van der Waals surface area contributed by atoms with Gasteiger partial charge in [-0.1, -0.05) is 5.21 Å². The van der Waals surface area contributed by atoms with E-state index in [-0.39, 0.29) is 12.2 Å². The number of ketones is 1. The molecule has 0 saturated carbocycles. The van der Waals surface area contributed by atoms with Gasteiger partial charge in [0.2, 0.25) is 0 Å². The van der Waals surface area contributed by atoms with Crippen LogP contribution in [0.3, 0.4) is 0 Å². The lowest BCUT2D eigenvalue weighted by molar-refractivity contribution is 0.0983. The number of Topliss-reactive ketones (excluding diaryl/α,β-unsaturated/α-hetero) is 1. The second-order valence-corrected chi connectivity index (χ2v) is 5.03. The SMILES string of the molecule is Cc1csc(CC(=O)c2c(Br)nnn2C)n1. The van der Waals surface area contributed by atoms with E-state index in [1.165, 1.54) is 16.0 Å². The number of aryl methyl sites for hydroxylation is 2. The van der Waals surface area contributed by atoms with E-state index in [0.29, 0.717) is 10.3 Å². The monoisotopic (exact) mass is 300 g/mol. The van der Waals surface area contributed by atoms with Crippen LogP contribution in [0.1, 0.15) is 21.2 Å². The molecule has 0 N–H and O–H groups in total. The van der Waals surface area contributed by atoms with E-state index in [2.05, 4.69) is 31.2 Å². The predicted molar refractivity (Wildman–Crippen MR) is 63.6 cm³/mol. The Morgan fingerprint density at radius 3 is 2.88 bits per heavy atom. The Hall–Kier alpha value is -1.08. The van der Waals surface area contributed by atoms with Crippen LogP contribution in [0.4, 0.5) is 0 Å². The van der Waals surface area contributed by atoms with Gasteiger partial charge in [-0.15, -0.1) is 16.4 Å². The van der Waals surface area contributed by atoms with E-state index in [4.69, 9.17) is 0 Å². The van der Waals surface area contributed by atoms with Crippen LogP contribution in [0, 0.1) is 6.92 Å². The summed E-state index contributed by atoms with van der Waals surface area (Å²) in [5.74, 6) is -0.0336. The lowest BCUT2D eigenvalue weighted by Crippen LogP contribution is -2.10. The summed E-state index contributed by atoms with van der Waals surface area (Å²) in [5, 5.41) is 10.3. The predicted octanol–water partition coefficient (Wildman–Crippen LogP) is 1.77. The molecule has 0 saturated heterocycles. The lowest BCUT2D eigenvalue weighted by atomic mass is 10.2. The first-order valence-electron chi connectivity index (χ1n) is 4.57. The summed E-state index contributed by atoms with van der Waals surface area (Å²) in [6.45, 7) is 1.91. The van der Waals surface area contributed by atoms with Crippen LogP contribution in [0.2, 0.25) is 0 Å². The topological polar surface area (TPSA) is 60.7 Å². The van der Waals surface area contributed by atoms with Crippen molar-refractivity contribution in [1.82, 2.24) is 20.0 Å². The Kier molecular flexibility index (Phi) is 3.15. The fraction of sp³-hybridized carbons (Fsp3) is 0.333. The summed E-state index contributed by atoms with van der Waals surface area (Å²) in [6.07, 6.45) is 0.290. The Morgan fingerprint density at radius 2 is 2.38 bits per heavy atom. The maximum absolute atomic E-state index is 12.0. The molecule has 0 aliphatic carbocycles. The van der Waals surface area contributed by atoms with Gasteiger partial charge in [-0.3, -0.25) is 4.79 Å². The Morgan fingerprint density at radius 1 is 1.62 bits per heavy atom. The van der Waals surface area contributed by atoms with Crippen molar-refractivity contribution in [2.75, 3.05) is 0 Å². The van der Waals surface area contributed by atoms with Gasteiger partial charge in [0.15, 0.2) is 10.4 Å². The van der Waals surface area contributed by atoms with Crippen molar-refractivity contribution < 1.29 is 4.79 Å². The number of halogens is 1. The first kappa shape index (κ1) is 11.4. The van der Waals surface area contributed by atoms with Crippen LogP contribution < -0.4 is 0 Å². The molecule has 0 aromatic carbocycles. The zero-order valence-electron chi connectivity index (χ0n) is 8.77. The Balaban J connectivity index is 2.21. The molecule has 0 radical (unpaired) electrons. The molecular weight excluding hydrogens is 292 g/mol. The molecule has 0 amide bonds. The summed E-state index contributed by atoms with van der Waals surface area (Å²) < 4.78 is 1.95. The van der Waals surface area contributed by atoms with Crippen molar-refractivity contribution in [1.29, 1.82) is 0 Å². The number of thiazole rings is 1. The minimum atomic E-state index is -0.0336. The van der Waals surface area contributed by atoms with E-state index >= 15 is 0 Å². The third-order valence-electron chi connectivity index (χ3n) is 2.03. The van der Waals surface area contributed by atoms with Crippen molar-refractivity contribution in [2.24, 2.45) is 7.05 Å². The maximum Gasteiger partial charge on any atom is 0.190 e. The molecule has 0 fully saturated rings. The van der Waals surface area contributed by atoms with Gasteiger partial charge in [-0.05, 0) is 22.9 Å². The maximum atomic E-state index is 12.0. The van der Waals surface area contributed by atoms with Crippen LogP contribution in [0.25, 0.3) is 0 Å². The summed E-state index contributed by atoms with van der Waals surface area (Å²) in [5.41, 5.74) is 1.42. The summed E-state index contributed by atoms with van der Waals surface area (Å²) in [4.78, 5) is 16.2. The standard InChI is InChI=1S/C9H9BrN4OS/c1-5-4-16-7(11-5)3-6(15)8-9(10)12-13-14(8)2/h4H,3H2,1-2H3. The lowest BCUT2D eigenvalue weighted by Gasteiger charge is -1.98. The molecule has 2 aromatic heterocycles. The van der Waals surface area contributed by atoms with E-state index in [1.54, 1.807) is 7.05 Å². The van der Waals surface area contributed by atoms with Gasteiger partial charge >= 0.3 is 0 Å².